The highest BCUT2D eigenvalue weighted by Gasteiger charge is 2.57. The summed E-state index contributed by atoms with van der Waals surface area (Å²) in [5, 5.41) is 13.0. The van der Waals surface area contributed by atoms with Gasteiger partial charge < -0.3 is 5.21 Å². The van der Waals surface area contributed by atoms with E-state index in [9.17, 15) is 5.21 Å². The zero-order valence-corrected chi connectivity index (χ0v) is 13.3. The summed E-state index contributed by atoms with van der Waals surface area (Å²) in [7, 11) is 0. The molecule has 0 radical (unpaired) electrons. The van der Waals surface area contributed by atoms with Crippen molar-refractivity contribution in [2.24, 2.45) is 33.7 Å². The summed E-state index contributed by atoms with van der Waals surface area (Å²) in [6.45, 7) is 4.87. The summed E-state index contributed by atoms with van der Waals surface area (Å²) >= 11 is 0. The topological polar surface area (TPSA) is 32.6 Å². The van der Waals surface area contributed by atoms with Gasteiger partial charge in [-0.3, -0.25) is 0 Å². The largest absolute Gasteiger partial charge is 0.411 e. The van der Waals surface area contributed by atoms with Crippen molar-refractivity contribution in [3.05, 3.63) is 23.8 Å². The molecule has 2 fully saturated rings. The number of allylic oxidation sites excluding steroid dienone is 4. The highest BCUT2D eigenvalue weighted by molar-refractivity contribution is 5.92. The second-order valence-corrected chi connectivity index (χ2v) is 8.17. The van der Waals surface area contributed by atoms with Crippen molar-refractivity contribution in [1.82, 2.24) is 0 Å². The van der Waals surface area contributed by atoms with Crippen LogP contribution in [-0.4, -0.2) is 10.9 Å². The van der Waals surface area contributed by atoms with Crippen LogP contribution in [0.4, 0.5) is 0 Å². The summed E-state index contributed by atoms with van der Waals surface area (Å²) in [5.41, 5.74) is 3.25. The van der Waals surface area contributed by atoms with Crippen molar-refractivity contribution in [3.8, 4) is 0 Å². The van der Waals surface area contributed by atoms with Gasteiger partial charge in [-0.1, -0.05) is 37.2 Å². The van der Waals surface area contributed by atoms with Crippen molar-refractivity contribution >= 4 is 5.71 Å². The first-order valence-electron chi connectivity index (χ1n) is 8.68. The molecule has 0 aromatic carbocycles. The maximum absolute atomic E-state index is 9.37. The summed E-state index contributed by atoms with van der Waals surface area (Å²) in [5.74, 6) is 2.35. The van der Waals surface area contributed by atoms with E-state index >= 15 is 0 Å². The van der Waals surface area contributed by atoms with Crippen molar-refractivity contribution in [2.75, 3.05) is 0 Å². The fraction of sp³-hybridized carbons (Fsp3) is 0.737. The van der Waals surface area contributed by atoms with Gasteiger partial charge in [-0.2, -0.15) is 0 Å². The van der Waals surface area contributed by atoms with Crippen LogP contribution < -0.4 is 0 Å². The zero-order chi connectivity index (χ0) is 14.7. The monoisotopic (exact) mass is 285 g/mol. The van der Waals surface area contributed by atoms with Crippen LogP contribution in [-0.2, 0) is 0 Å². The van der Waals surface area contributed by atoms with Crippen LogP contribution in [0.15, 0.2) is 29.0 Å². The Morgan fingerprint density at radius 2 is 1.95 bits per heavy atom. The highest BCUT2D eigenvalue weighted by atomic mass is 16.4. The van der Waals surface area contributed by atoms with E-state index in [1.807, 2.05) is 0 Å². The van der Waals surface area contributed by atoms with E-state index in [1.165, 1.54) is 38.5 Å². The molecule has 0 aromatic rings. The Labute approximate surface area is 128 Å². The molecule has 4 aliphatic rings. The van der Waals surface area contributed by atoms with Gasteiger partial charge in [0.2, 0.25) is 0 Å². The maximum Gasteiger partial charge on any atom is 0.0632 e. The summed E-state index contributed by atoms with van der Waals surface area (Å²) in [6, 6.07) is 0. The molecule has 5 atom stereocenters. The first kappa shape index (κ1) is 13.6. The Balaban J connectivity index is 1.73. The van der Waals surface area contributed by atoms with Gasteiger partial charge in [0.15, 0.2) is 0 Å². The van der Waals surface area contributed by atoms with Gasteiger partial charge in [0.25, 0.3) is 0 Å². The smallest absolute Gasteiger partial charge is 0.0632 e. The van der Waals surface area contributed by atoms with Crippen LogP contribution >= 0.6 is 0 Å². The zero-order valence-electron chi connectivity index (χ0n) is 13.3. The Hall–Kier alpha value is -1.05. The minimum atomic E-state index is 0.169. The molecule has 4 aliphatic carbocycles. The molecular weight excluding hydrogens is 258 g/mol. The van der Waals surface area contributed by atoms with Crippen LogP contribution in [0.2, 0.25) is 0 Å². The Morgan fingerprint density at radius 3 is 2.76 bits per heavy atom. The average Bonchev–Trinajstić information content (AvgIpc) is 2.83. The molecule has 0 saturated heterocycles. The number of hydrogen-bond acceptors (Lipinski definition) is 2. The molecule has 2 saturated carbocycles. The third-order valence-corrected chi connectivity index (χ3v) is 7.51. The van der Waals surface area contributed by atoms with Crippen LogP contribution in [0.1, 0.15) is 58.8 Å². The molecule has 0 spiro atoms. The third-order valence-electron chi connectivity index (χ3n) is 7.51. The van der Waals surface area contributed by atoms with Crippen molar-refractivity contribution in [1.29, 1.82) is 0 Å². The van der Waals surface area contributed by atoms with Gasteiger partial charge in [-0.05, 0) is 73.7 Å². The average molecular weight is 285 g/mol. The lowest BCUT2D eigenvalue weighted by molar-refractivity contribution is 0.00164. The molecule has 0 unspecified atom stereocenters. The fourth-order valence-electron chi connectivity index (χ4n) is 6.25. The molecule has 0 aliphatic heterocycles. The lowest BCUT2D eigenvalue weighted by Gasteiger charge is -2.55. The number of fused-ring (bicyclic) bond motifs is 5. The highest BCUT2D eigenvalue weighted by Crippen LogP contribution is 2.63. The first-order valence-corrected chi connectivity index (χ1v) is 8.68. The molecule has 2 nitrogen and oxygen atoms in total. The Kier molecular flexibility index (Phi) is 2.90. The van der Waals surface area contributed by atoms with Crippen molar-refractivity contribution < 1.29 is 5.21 Å². The van der Waals surface area contributed by atoms with Crippen molar-refractivity contribution in [2.45, 2.75) is 58.8 Å². The fourth-order valence-corrected chi connectivity index (χ4v) is 6.25. The summed E-state index contributed by atoms with van der Waals surface area (Å²) < 4.78 is 0. The van der Waals surface area contributed by atoms with E-state index in [4.69, 9.17) is 0 Å². The first-order chi connectivity index (χ1) is 10.1. The van der Waals surface area contributed by atoms with Gasteiger partial charge in [0.05, 0.1) is 5.71 Å². The van der Waals surface area contributed by atoms with Crippen molar-refractivity contribution in [3.63, 3.8) is 0 Å². The minimum Gasteiger partial charge on any atom is -0.411 e. The third kappa shape index (κ3) is 1.68. The molecule has 114 valence electrons. The summed E-state index contributed by atoms with van der Waals surface area (Å²) in [6.07, 6.45) is 15.8. The predicted octanol–water partition coefficient (Wildman–Crippen LogP) is 4.95. The maximum atomic E-state index is 9.37. The predicted molar refractivity (Wildman–Crippen MR) is 85.4 cm³/mol. The normalized spacial score (nSPS) is 50.3. The molecule has 2 heteroatoms. The van der Waals surface area contributed by atoms with Gasteiger partial charge in [-0.15, -0.1) is 0 Å². The van der Waals surface area contributed by atoms with E-state index in [1.54, 1.807) is 5.57 Å². The summed E-state index contributed by atoms with van der Waals surface area (Å²) in [4.78, 5) is 0. The lowest BCUT2D eigenvalue weighted by atomic mass is 9.49. The second-order valence-electron chi connectivity index (χ2n) is 8.17. The van der Waals surface area contributed by atoms with Crippen LogP contribution in [0, 0.1) is 28.6 Å². The van der Waals surface area contributed by atoms with Gasteiger partial charge in [0.1, 0.15) is 0 Å². The molecule has 1 N–H and O–H groups in total. The molecule has 0 heterocycles. The van der Waals surface area contributed by atoms with Crippen LogP contribution in [0.5, 0.6) is 0 Å². The van der Waals surface area contributed by atoms with E-state index in [-0.39, 0.29) is 5.41 Å². The minimum absolute atomic E-state index is 0.169. The quantitative estimate of drug-likeness (QED) is 0.496. The van der Waals surface area contributed by atoms with Gasteiger partial charge >= 0.3 is 0 Å². The van der Waals surface area contributed by atoms with E-state index in [0.29, 0.717) is 5.41 Å². The molecule has 4 rings (SSSR count). The number of nitrogens with zero attached hydrogens (tertiary/aromatic N) is 1. The van der Waals surface area contributed by atoms with E-state index in [2.05, 4.69) is 37.2 Å². The number of rotatable bonds is 0. The van der Waals surface area contributed by atoms with E-state index in [0.717, 1.165) is 29.9 Å². The Morgan fingerprint density at radius 1 is 1.14 bits per heavy atom. The molecule has 0 aromatic heterocycles. The number of oxime groups is 1. The molecule has 0 bridgehead atoms. The SMILES string of the molecule is C[C@]12CCC=CC1=CC[C@@H]1[C@@H]2CC[C@]2(C)/C(=N/O)CC[C@@H]12. The number of hydrogen-bond donors (Lipinski definition) is 1. The van der Waals surface area contributed by atoms with Crippen LogP contribution in [0.25, 0.3) is 0 Å². The Bertz CT molecular complexity index is 546. The van der Waals surface area contributed by atoms with Gasteiger partial charge in [0, 0.05) is 5.41 Å². The van der Waals surface area contributed by atoms with Gasteiger partial charge in [-0.25, -0.2) is 0 Å². The molecular formula is C19H27NO. The molecule has 0 amide bonds. The second kappa shape index (κ2) is 4.47. The standard InChI is InChI=1S/C19H27NO/c1-18-11-4-3-5-13(18)6-7-14-15-8-9-17(20-21)19(15,2)12-10-16(14)18/h3,5-6,14-16,21H,4,7-12H2,1-2H3/b20-17+/t14-,15-,16-,18-,19-/m0/s1. The van der Waals surface area contributed by atoms with Crippen LogP contribution in [0.3, 0.4) is 0 Å². The lowest BCUT2D eigenvalue weighted by Crippen LogP contribution is -2.49. The van der Waals surface area contributed by atoms with E-state index < -0.39 is 0 Å². The molecule has 21 heavy (non-hydrogen) atoms.